The zero-order chi connectivity index (χ0) is 35.4. The maximum absolute atomic E-state index is 13.0. The van der Waals surface area contributed by atoms with E-state index < -0.39 is 17.7 Å². The Morgan fingerprint density at radius 1 is 0.880 bits per heavy atom. The van der Waals surface area contributed by atoms with Gasteiger partial charge >= 0.3 is 5.97 Å². The first-order chi connectivity index (χ1) is 24.0. The highest BCUT2D eigenvalue weighted by molar-refractivity contribution is 7.15. The van der Waals surface area contributed by atoms with Crippen molar-refractivity contribution in [2.45, 2.75) is 31.7 Å². The minimum atomic E-state index is -2.21. The number of carboxylic acid groups (broad SMARTS) is 1. The number of H-pyrrole nitrogens is 1. The number of aliphatic carboxylic acids is 1. The number of pyridine rings is 1. The van der Waals surface area contributed by atoms with Crippen molar-refractivity contribution in [3.63, 3.8) is 0 Å². The number of carbonyl (C=O) groups is 2. The lowest BCUT2D eigenvalue weighted by molar-refractivity contribution is -0.155. The molecular weight excluding hydrogens is 655 g/mol. The Morgan fingerprint density at radius 3 is 2.42 bits per heavy atom. The number of carboxylic acids is 1. The molecule has 6 rings (SSSR count). The number of carbonyl (C=O) groups excluding carboxylic acids is 1. The smallest absolute Gasteiger partial charge is 0.345 e. The topological polar surface area (TPSA) is 172 Å². The number of hydrogen-bond acceptors (Lipinski definition) is 8. The van der Waals surface area contributed by atoms with Gasteiger partial charge in [0, 0.05) is 45.4 Å². The van der Waals surface area contributed by atoms with Crippen LogP contribution in [0.15, 0.2) is 114 Å². The first-order valence-electron chi connectivity index (χ1n) is 15.9. The highest BCUT2D eigenvalue weighted by atomic mass is 32.1. The molecule has 0 saturated carbocycles. The van der Waals surface area contributed by atoms with Gasteiger partial charge in [0.05, 0.1) is 18.2 Å². The van der Waals surface area contributed by atoms with Crippen molar-refractivity contribution in [1.29, 1.82) is 0 Å². The second kappa shape index (κ2) is 14.5. The highest BCUT2D eigenvalue weighted by Gasteiger charge is 2.40. The molecule has 11 heteroatoms. The summed E-state index contributed by atoms with van der Waals surface area (Å²) in [6, 6.07) is 30.4. The van der Waals surface area contributed by atoms with Crippen LogP contribution in [0.1, 0.15) is 49.2 Å². The van der Waals surface area contributed by atoms with Crippen LogP contribution in [0.5, 0.6) is 5.75 Å². The van der Waals surface area contributed by atoms with E-state index in [4.69, 9.17) is 0 Å². The molecule has 0 radical (unpaired) electrons. The van der Waals surface area contributed by atoms with E-state index in [1.54, 1.807) is 66.7 Å². The number of aliphatic hydroxyl groups is 2. The van der Waals surface area contributed by atoms with Gasteiger partial charge in [-0.15, -0.1) is 11.3 Å². The van der Waals surface area contributed by atoms with Gasteiger partial charge in [0.15, 0.2) is 0 Å². The van der Waals surface area contributed by atoms with Crippen molar-refractivity contribution < 1.29 is 30.0 Å². The monoisotopic (exact) mass is 689 g/mol. The number of amides is 1. The van der Waals surface area contributed by atoms with Gasteiger partial charge in [-0.2, -0.15) is 0 Å². The largest absolute Gasteiger partial charge is 0.506 e. The number of phenols is 1. The number of aliphatic hydroxyl groups excluding tert-OH is 1. The van der Waals surface area contributed by atoms with E-state index in [1.165, 1.54) is 23.5 Å². The fourth-order valence-electron chi connectivity index (χ4n) is 5.93. The maximum atomic E-state index is 13.0. The predicted molar refractivity (Wildman–Crippen MR) is 192 cm³/mol. The van der Waals surface area contributed by atoms with Crippen molar-refractivity contribution in [2.75, 3.05) is 6.54 Å². The highest BCUT2D eigenvalue weighted by Crippen LogP contribution is 2.35. The summed E-state index contributed by atoms with van der Waals surface area (Å²) < 4.78 is 0. The van der Waals surface area contributed by atoms with Crippen LogP contribution in [0.2, 0.25) is 0 Å². The summed E-state index contributed by atoms with van der Waals surface area (Å²) in [5.74, 6) is -1.67. The fraction of sp³-hybridized carbons (Fsp3) is 0.154. The van der Waals surface area contributed by atoms with Crippen molar-refractivity contribution in [3.05, 3.63) is 158 Å². The first-order valence-corrected chi connectivity index (χ1v) is 16.7. The molecule has 1 amide bonds. The van der Waals surface area contributed by atoms with Crippen LogP contribution in [0.3, 0.4) is 0 Å². The van der Waals surface area contributed by atoms with Gasteiger partial charge in [0.25, 0.3) is 5.91 Å². The maximum Gasteiger partial charge on any atom is 0.345 e. The summed E-state index contributed by atoms with van der Waals surface area (Å²) in [5, 5.41) is 49.0. The van der Waals surface area contributed by atoms with E-state index in [0.717, 1.165) is 26.4 Å². The van der Waals surface area contributed by atoms with Crippen LogP contribution in [0.4, 0.5) is 0 Å². The molecular formula is C39H35N3O7S. The lowest BCUT2D eigenvalue weighted by Gasteiger charge is -2.25. The zero-order valence-electron chi connectivity index (χ0n) is 27.0. The number of nitrogens with one attached hydrogen (secondary N) is 3. The first kappa shape index (κ1) is 34.3. The van der Waals surface area contributed by atoms with Crippen LogP contribution in [-0.4, -0.2) is 43.8 Å². The Balaban J connectivity index is 1.06. The number of hydrogen-bond donors (Lipinski definition) is 7. The van der Waals surface area contributed by atoms with Crippen molar-refractivity contribution in [1.82, 2.24) is 15.6 Å². The molecule has 254 valence electrons. The standard InChI is InChI=1S/C39H35N3O7S/c1-23-18-25(10-11-26(23)20-40-22-33(44)30-13-15-32(43)36-31(30)14-17-35(45)42-36)37(46)41-21-29-12-16-34(50-29)24-6-5-9-28(19-24)39(49,38(47)48)27-7-3-2-4-8-27/h2-19,33,40,43-44,49H,20-22H2,1H3,(H,41,46)(H,42,45)(H,47,48). The molecule has 0 fully saturated rings. The van der Waals surface area contributed by atoms with Gasteiger partial charge in [-0.3, -0.25) is 9.59 Å². The molecule has 4 aromatic carbocycles. The number of aryl methyl sites for hydroxylation is 1. The summed E-state index contributed by atoms with van der Waals surface area (Å²) in [7, 11) is 0. The van der Waals surface area contributed by atoms with E-state index in [-0.39, 0.29) is 40.4 Å². The molecule has 2 unspecified atom stereocenters. The van der Waals surface area contributed by atoms with E-state index in [2.05, 4.69) is 15.6 Å². The Labute approximate surface area is 291 Å². The average Bonchev–Trinajstić information content (AvgIpc) is 3.61. The molecule has 6 aromatic rings. The molecule has 0 aliphatic heterocycles. The Kier molecular flexibility index (Phi) is 9.93. The van der Waals surface area contributed by atoms with E-state index >= 15 is 0 Å². The molecule has 0 bridgehead atoms. The Morgan fingerprint density at radius 2 is 1.66 bits per heavy atom. The molecule has 7 N–H and O–H groups in total. The van der Waals surface area contributed by atoms with E-state index in [1.807, 2.05) is 37.3 Å². The number of aromatic hydroxyl groups is 1. The third-order valence-corrected chi connectivity index (χ3v) is 9.81. The van der Waals surface area contributed by atoms with Gasteiger partial charge in [-0.1, -0.05) is 60.7 Å². The third kappa shape index (κ3) is 7.07. The van der Waals surface area contributed by atoms with Crippen LogP contribution < -0.4 is 16.2 Å². The molecule has 0 aliphatic carbocycles. The van der Waals surface area contributed by atoms with Gasteiger partial charge in [0.1, 0.15) is 5.75 Å². The summed E-state index contributed by atoms with van der Waals surface area (Å²) in [5.41, 5.74) is 1.93. The number of thiophene rings is 1. The van der Waals surface area contributed by atoms with Gasteiger partial charge < -0.3 is 36.0 Å². The summed E-state index contributed by atoms with van der Waals surface area (Å²) in [4.78, 5) is 41.3. The van der Waals surface area contributed by atoms with Crippen LogP contribution in [0, 0.1) is 6.92 Å². The van der Waals surface area contributed by atoms with Crippen LogP contribution in [0.25, 0.3) is 21.3 Å². The van der Waals surface area contributed by atoms with Crippen LogP contribution >= 0.6 is 11.3 Å². The number of aromatic amines is 1. The van der Waals surface area contributed by atoms with Gasteiger partial charge in [-0.25, -0.2) is 4.79 Å². The van der Waals surface area contributed by atoms with Crippen LogP contribution in [-0.2, 0) is 23.5 Å². The molecule has 0 saturated heterocycles. The quantitative estimate of drug-likeness (QED) is 0.0902. The third-order valence-electron chi connectivity index (χ3n) is 8.67. The average molecular weight is 690 g/mol. The molecule has 0 spiro atoms. The second-order valence-corrected chi connectivity index (χ2v) is 13.2. The lowest BCUT2D eigenvalue weighted by Crippen LogP contribution is -2.36. The second-order valence-electron chi connectivity index (χ2n) is 12.0. The molecule has 2 atom stereocenters. The van der Waals surface area contributed by atoms with Crippen molar-refractivity contribution >= 4 is 34.1 Å². The lowest BCUT2D eigenvalue weighted by atomic mass is 9.85. The summed E-state index contributed by atoms with van der Waals surface area (Å²) in [6.45, 7) is 2.89. The summed E-state index contributed by atoms with van der Waals surface area (Å²) >= 11 is 1.46. The Bertz CT molecular complexity index is 2250. The van der Waals surface area contributed by atoms with E-state index in [0.29, 0.717) is 29.6 Å². The number of phenolic OH excluding ortho intramolecular Hbond substituents is 1. The molecule has 2 heterocycles. The zero-order valence-corrected chi connectivity index (χ0v) is 27.8. The number of benzene rings is 4. The van der Waals surface area contributed by atoms with Gasteiger partial charge in [0.2, 0.25) is 11.2 Å². The molecule has 50 heavy (non-hydrogen) atoms. The van der Waals surface area contributed by atoms with E-state index in [9.17, 15) is 34.8 Å². The molecule has 10 nitrogen and oxygen atoms in total. The normalized spacial score (nSPS) is 13.1. The number of aromatic nitrogens is 1. The SMILES string of the molecule is Cc1cc(C(=O)NCc2ccc(-c3cccc(C(O)(C(=O)O)c4ccccc4)c3)s2)ccc1CNCC(O)c1ccc(O)c2[nH]c(=O)ccc12. The number of fused-ring (bicyclic) bond motifs is 1. The Hall–Kier alpha value is -5.59. The molecule has 2 aromatic heterocycles. The minimum absolute atomic E-state index is 0.0690. The predicted octanol–water partition coefficient (Wildman–Crippen LogP) is 5.34. The van der Waals surface area contributed by atoms with Crippen molar-refractivity contribution in [3.8, 4) is 16.2 Å². The van der Waals surface area contributed by atoms with Gasteiger partial charge in [-0.05, 0) is 77.2 Å². The minimum Gasteiger partial charge on any atom is -0.506 e. The number of rotatable bonds is 12. The fourth-order valence-corrected chi connectivity index (χ4v) is 6.87. The molecule has 0 aliphatic rings. The van der Waals surface area contributed by atoms with Crippen molar-refractivity contribution in [2.24, 2.45) is 0 Å². The summed E-state index contributed by atoms with van der Waals surface area (Å²) in [6.07, 6.45) is -0.890.